The van der Waals surface area contributed by atoms with E-state index >= 15 is 0 Å². The van der Waals surface area contributed by atoms with Gasteiger partial charge >= 0.3 is 6.09 Å². The van der Waals surface area contributed by atoms with Gasteiger partial charge in [0.25, 0.3) is 0 Å². The van der Waals surface area contributed by atoms with E-state index in [1.807, 2.05) is 30.3 Å². The molecule has 2 aromatic rings. The van der Waals surface area contributed by atoms with Crippen LogP contribution >= 0.6 is 11.3 Å². The van der Waals surface area contributed by atoms with Gasteiger partial charge in [0.1, 0.15) is 10.7 Å². The molecule has 0 radical (unpaired) electrons. The van der Waals surface area contributed by atoms with Crippen molar-refractivity contribution in [2.24, 2.45) is 0 Å². The predicted octanol–water partition coefficient (Wildman–Crippen LogP) is 2.96. The van der Waals surface area contributed by atoms with Crippen molar-refractivity contribution in [2.45, 2.75) is 6.92 Å². The maximum absolute atomic E-state index is 11.3. The van der Waals surface area contributed by atoms with E-state index in [1.54, 1.807) is 6.92 Å². The molecule has 0 spiro atoms. The minimum Gasteiger partial charge on any atom is -0.450 e. The lowest BCUT2D eigenvalue weighted by molar-refractivity contribution is 0.168. The number of carbonyl (C=O) groups is 1. The van der Waals surface area contributed by atoms with Crippen LogP contribution in [0.4, 0.5) is 14.9 Å². The van der Waals surface area contributed by atoms with Gasteiger partial charge in [0.15, 0.2) is 5.13 Å². The van der Waals surface area contributed by atoms with E-state index < -0.39 is 6.09 Å². The number of nitrogens with zero attached hydrogens (tertiary/aromatic N) is 1. The van der Waals surface area contributed by atoms with Gasteiger partial charge in [-0.25, -0.2) is 9.78 Å². The van der Waals surface area contributed by atoms with Crippen LogP contribution in [0.2, 0.25) is 0 Å². The van der Waals surface area contributed by atoms with Crippen LogP contribution < -0.4 is 11.1 Å². The summed E-state index contributed by atoms with van der Waals surface area (Å²) in [7, 11) is 0. The lowest BCUT2D eigenvalue weighted by Crippen LogP contribution is -2.12. The second-order valence-corrected chi connectivity index (χ2v) is 4.47. The number of aromatic nitrogens is 1. The number of hydrogen-bond donors (Lipinski definition) is 2. The van der Waals surface area contributed by atoms with E-state index in [4.69, 9.17) is 10.5 Å². The van der Waals surface area contributed by atoms with Crippen molar-refractivity contribution in [1.82, 2.24) is 4.98 Å². The molecule has 0 bridgehead atoms. The van der Waals surface area contributed by atoms with Gasteiger partial charge in [0.2, 0.25) is 0 Å². The number of thiazole rings is 1. The zero-order chi connectivity index (χ0) is 13.0. The summed E-state index contributed by atoms with van der Waals surface area (Å²) in [4.78, 5) is 15.5. The molecule has 18 heavy (non-hydrogen) atoms. The smallest absolute Gasteiger partial charge is 0.413 e. The monoisotopic (exact) mass is 263 g/mol. The lowest BCUT2D eigenvalue weighted by Gasteiger charge is -2.00. The third-order valence-electron chi connectivity index (χ3n) is 2.19. The highest BCUT2D eigenvalue weighted by Crippen LogP contribution is 2.33. The molecule has 0 aliphatic carbocycles. The first-order valence-electron chi connectivity index (χ1n) is 5.46. The van der Waals surface area contributed by atoms with Crippen molar-refractivity contribution in [3.8, 4) is 11.3 Å². The number of nitrogens with one attached hydrogen (secondary N) is 1. The molecule has 1 heterocycles. The number of benzene rings is 1. The van der Waals surface area contributed by atoms with E-state index in [0.29, 0.717) is 22.4 Å². The fourth-order valence-corrected chi connectivity index (χ4v) is 2.18. The topological polar surface area (TPSA) is 77.2 Å². The van der Waals surface area contributed by atoms with E-state index in [0.717, 1.165) is 5.56 Å². The Morgan fingerprint density at radius 3 is 2.83 bits per heavy atom. The number of ether oxygens (including phenoxy) is 1. The molecule has 0 saturated heterocycles. The standard InChI is InChI=1S/C12H13N3O2S/c1-2-17-12(16)15-11-14-9(10(13)18-11)8-6-4-3-5-7-8/h3-7H,2,13H2,1H3,(H,14,15,16). The maximum Gasteiger partial charge on any atom is 0.413 e. The molecule has 94 valence electrons. The van der Waals surface area contributed by atoms with Crippen LogP contribution in [0.25, 0.3) is 11.3 Å². The Morgan fingerprint density at radius 1 is 1.44 bits per heavy atom. The first-order valence-corrected chi connectivity index (χ1v) is 6.28. The number of nitrogen functional groups attached to an aromatic ring is 1. The summed E-state index contributed by atoms with van der Waals surface area (Å²) < 4.78 is 4.78. The lowest BCUT2D eigenvalue weighted by atomic mass is 10.2. The first kappa shape index (κ1) is 12.4. The molecule has 0 saturated carbocycles. The molecule has 1 aromatic carbocycles. The quantitative estimate of drug-likeness (QED) is 0.892. The minimum atomic E-state index is -0.522. The Kier molecular flexibility index (Phi) is 3.78. The highest BCUT2D eigenvalue weighted by atomic mass is 32.1. The third-order valence-corrected chi connectivity index (χ3v) is 2.98. The van der Waals surface area contributed by atoms with Crippen LogP contribution in [0, 0.1) is 0 Å². The van der Waals surface area contributed by atoms with E-state index in [-0.39, 0.29) is 0 Å². The molecule has 1 amide bonds. The Bertz CT molecular complexity index is 540. The molecular formula is C12H13N3O2S. The van der Waals surface area contributed by atoms with Gasteiger partial charge in [-0.1, -0.05) is 41.7 Å². The van der Waals surface area contributed by atoms with Gasteiger partial charge in [-0.2, -0.15) is 0 Å². The summed E-state index contributed by atoms with van der Waals surface area (Å²) in [6.07, 6.45) is -0.522. The van der Waals surface area contributed by atoms with Gasteiger partial charge < -0.3 is 10.5 Å². The number of carbonyl (C=O) groups excluding carboxylic acids is 1. The summed E-state index contributed by atoms with van der Waals surface area (Å²) in [5.74, 6) is 0. The van der Waals surface area contributed by atoms with Crippen molar-refractivity contribution < 1.29 is 9.53 Å². The number of amides is 1. The number of nitrogens with two attached hydrogens (primary N) is 1. The minimum absolute atomic E-state index is 0.318. The fraction of sp³-hybridized carbons (Fsp3) is 0.167. The van der Waals surface area contributed by atoms with E-state index in [9.17, 15) is 4.79 Å². The molecule has 0 aliphatic heterocycles. The zero-order valence-electron chi connectivity index (χ0n) is 9.84. The van der Waals surface area contributed by atoms with Crippen LogP contribution in [-0.4, -0.2) is 17.7 Å². The van der Waals surface area contributed by atoms with Gasteiger partial charge in [-0.15, -0.1) is 0 Å². The van der Waals surface area contributed by atoms with E-state index in [1.165, 1.54) is 11.3 Å². The third kappa shape index (κ3) is 2.78. The van der Waals surface area contributed by atoms with Crippen molar-refractivity contribution in [2.75, 3.05) is 17.7 Å². The molecular weight excluding hydrogens is 250 g/mol. The molecule has 0 atom stereocenters. The normalized spacial score (nSPS) is 10.1. The summed E-state index contributed by atoms with van der Waals surface area (Å²) in [6.45, 7) is 2.06. The van der Waals surface area contributed by atoms with Gasteiger partial charge in [-0.3, -0.25) is 5.32 Å². The van der Waals surface area contributed by atoms with Gasteiger partial charge in [-0.05, 0) is 6.92 Å². The summed E-state index contributed by atoms with van der Waals surface area (Å²) >= 11 is 1.22. The van der Waals surface area contributed by atoms with E-state index in [2.05, 4.69) is 10.3 Å². The average molecular weight is 263 g/mol. The Balaban J connectivity index is 2.20. The van der Waals surface area contributed by atoms with Crippen LogP contribution in [0.15, 0.2) is 30.3 Å². The molecule has 5 nitrogen and oxygen atoms in total. The van der Waals surface area contributed by atoms with Crippen LogP contribution in [0.1, 0.15) is 6.92 Å². The Morgan fingerprint density at radius 2 is 2.17 bits per heavy atom. The van der Waals surface area contributed by atoms with Crippen LogP contribution in [-0.2, 0) is 4.74 Å². The summed E-state index contributed by atoms with van der Waals surface area (Å²) in [5, 5.41) is 3.54. The molecule has 1 aromatic heterocycles. The van der Waals surface area contributed by atoms with Crippen LogP contribution in [0.5, 0.6) is 0 Å². The molecule has 2 rings (SSSR count). The predicted molar refractivity (Wildman–Crippen MR) is 72.6 cm³/mol. The number of anilines is 2. The summed E-state index contributed by atoms with van der Waals surface area (Å²) in [6, 6.07) is 9.57. The Labute approximate surface area is 109 Å². The van der Waals surface area contributed by atoms with Gasteiger partial charge in [0, 0.05) is 5.56 Å². The highest BCUT2D eigenvalue weighted by Gasteiger charge is 2.12. The fourth-order valence-electron chi connectivity index (χ4n) is 1.44. The molecule has 0 aliphatic rings. The van der Waals surface area contributed by atoms with Crippen molar-refractivity contribution in [1.29, 1.82) is 0 Å². The number of rotatable bonds is 3. The second kappa shape index (κ2) is 5.50. The summed E-state index contributed by atoms with van der Waals surface area (Å²) in [5.41, 5.74) is 7.48. The molecule has 0 fully saturated rings. The SMILES string of the molecule is CCOC(=O)Nc1nc(-c2ccccc2)c(N)s1. The first-order chi connectivity index (χ1) is 8.70. The molecule has 0 unspecified atom stereocenters. The highest BCUT2D eigenvalue weighted by molar-refractivity contribution is 7.20. The maximum atomic E-state index is 11.3. The van der Waals surface area contributed by atoms with Crippen LogP contribution in [0.3, 0.4) is 0 Å². The van der Waals surface area contributed by atoms with Crippen molar-refractivity contribution >= 4 is 27.6 Å². The molecule has 3 N–H and O–H groups in total. The number of hydrogen-bond acceptors (Lipinski definition) is 5. The molecule has 6 heteroatoms. The Hall–Kier alpha value is -2.08. The average Bonchev–Trinajstić information content (AvgIpc) is 2.71. The zero-order valence-corrected chi connectivity index (χ0v) is 10.7. The van der Waals surface area contributed by atoms with Crippen molar-refractivity contribution in [3.05, 3.63) is 30.3 Å². The second-order valence-electron chi connectivity index (χ2n) is 3.44. The van der Waals surface area contributed by atoms with Gasteiger partial charge in [0.05, 0.1) is 6.61 Å². The van der Waals surface area contributed by atoms with Crippen molar-refractivity contribution in [3.63, 3.8) is 0 Å². The largest absolute Gasteiger partial charge is 0.450 e.